The lowest BCUT2D eigenvalue weighted by atomic mass is 9.93. The fourth-order valence-electron chi connectivity index (χ4n) is 1.33. The second-order valence-corrected chi connectivity index (χ2v) is 4.70. The molecule has 0 aromatic heterocycles. The Morgan fingerprint density at radius 2 is 2.08 bits per heavy atom. The van der Waals surface area contributed by atoms with Crippen LogP contribution in [0, 0.1) is 5.41 Å². The van der Waals surface area contributed by atoms with Crippen molar-refractivity contribution >= 4 is 5.91 Å². The van der Waals surface area contributed by atoms with Crippen molar-refractivity contribution in [3.63, 3.8) is 0 Å². The molecule has 1 rings (SSSR count). The van der Waals surface area contributed by atoms with Gasteiger partial charge in [-0.05, 0) is 19.3 Å². The largest absolute Gasteiger partial charge is 0.353 e. The summed E-state index contributed by atoms with van der Waals surface area (Å²) in [4.78, 5) is 11.6. The maximum absolute atomic E-state index is 11.6. The zero-order valence-electron chi connectivity index (χ0n) is 8.76. The number of carbonyl (C=O) groups is 1. The molecule has 1 amide bonds. The topological polar surface area (TPSA) is 29.1 Å². The molecule has 0 radical (unpaired) electrons. The van der Waals surface area contributed by atoms with E-state index in [-0.39, 0.29) is 11.3 Å². The second kappa shape index (κ2) is 3.95. The van der Waals surface area contributed by atoms with Gasteiger partial charge >= 0.3 is 0 Å². The Balaban J connectivity index is 2.40. The monoisotopic (exact) mass is 181 g/mol. The van der Waals surface area contributed by atoms with Crippen LogP contribution in [-0.2, 0) is 4.79 Å². The molecule has 0 saturated heterocycles. The first kappa shape index (κ1) is 10.3. The van der Waals surface area contributed by atoms with E-state index in [0.29, 0.717) is 6.04 Å². The molecule has 1 aliphatic carbocycles. The van der Waals surface area contributed by atoms with Crippen molar-refractivity contribution in [2.75, 3.05) is 0 Å². The van der Waals surface area contributed by atoms with Crippen LogP contribution in [0.1, 0.15) is 40.0 Å². The third-order valence-electron chi connectivity index (χ3n) is 2.29. The van der Waals surface area contributed by atoms with Gasteiger partial charge in [-0.3, -0.25) is 4.79 Å². The number of amides is 1. The molecule has 0 spiro atoms. The molecule has 1 atom stereocenters. The normalized spacial score (nSPS) is 22.8. The van der Waals surface area contributed by atoms with Gasteiger partial charge in [0.1, 0.15) is 0 Å². The first-order valence-corrected chi connectivity index (χ1v) is 4.96. The molecule has 74 valence electrons. The number of rotatable bonds is 1. The van der Waals surface area contributed by atoms with Crippen molar-refractivity contribution in [1.82, 2.24) is 5.32 Å². The fourth-order valence-corrected chi connectivity index (χ4v) is 1.33. The summed E-state index contributed by atoms with van der Waals surface area (Å²) in [5, 5.41) is 3.07. The van der Waals surface area contributed by atoms with E-state index in [9.17, 15) is 4.79 Å². The smallest absolute Gasteiger partial charge is 0.225 e. The summed E-state index contributed by atoms with van der Waals surface area (Å²) in [5.74, 6) is 0.160. The first-order valence-electron chi connectivity index (χ1n) is 4.96. The number of carbonyl (C=O) groups excluding carboxylic acids is 1. The average Bonchev–Trinajstić information content (AvgIpc) is 2.04. The zero-order chi connectivity index (χ0) is 9.90. The summed E-state index contributed by atoms with van der Waals surface area (Å²) in [6.07, 6.45) is 7.49. The van der Waals surface area contributed by atoms with Crippen LogP contribution in [0.4, 0.5) is 0 Å². The molecule has 13 heavy (non-hydrogen) atoms. The minimum absolute atomic E-state index is 0.160. The van der Waals surface area contributed by atoms with Crippen molar-refractivity contribution in [2.45, 2.75) is 46.1 Å². The molecule has 0 bridgehead atoms. The molecule has 0 aromatic carbocycles. The molecule has 2 nitrogen and oxygen atoms in total. The fraction of sp³-hybridized carbons (Fsp3) is 0.727. The second-order valence-electron chi connectivity index (χ2n) is 4.70. The predicted molar refractivity (Wildman–Crippen MR) is 54.4 cm³/mol. The minimum Gasteiger partial charge on any atom is -0.353 e. The molecule has 0 heterocycles. The quantitative estimate of drug-likeness (QED) is 0.618. The predicted octanol–water partition coefficient (Wildman–Crippen LogP) is 2.26. The van der Waals surface area contributed by atoms with Gasteiger partial charge in [0, 0.05) is 11.5 Å². The summed E-state index contributed by atoms with van der Waals surface area (Å²) in [7, 11) is 0. The highest BCUT2D eigenvalue weighted by Crippen LogP contribution is 2.16. The van der Waals surface area contributed by atoms with Gasteiger partial charge in [0.05, 0.1) is 0 Å². The van der Waals surface area contributed by atoms with Crippen LogP contribution in [0.15, 0.2) is 12.2 Å². The zero-order valence-corrected chi connectivity index (χ0v) is 8.76. The van der Waals surface area contributed by atoms with E-state index < -0.39 is 0 Å². The highest BCUT2D eigenvalue weighted by Gasteiger charge is 2.23. The SMILES string of the molecule is CC(C)(C)C(=O)NC1CC=CCC1. The molecule has 1 unspecified atom stereocenters. The minimum atomic E-state index is -0.263. The molecular formula is C11H19NO. The van der Waals surface area contributed by atoms with E-state index in [1.165, 1.54) is 0 Å². The highest BCUT2D eigenvalue weighted by molar-refractivity contribution is 5.81. The van der Waals surface area contributed by atoms with E-state index in [4.69, 9.17) is 0 Å². The molecule has 1 aliphatic rings. The number of hydrogen-bond acceptors (Lipinski definition) is 1. The Bertz CT molecular complexity index is 213. The lowest BCUT2D eigenvalue weighted by Gasteiger charge is -2.24. The van der Waals surface area contributed by atoms with Crippen molar-refractivity contribution < 1.29 is 4.79 Å². The van der Waals surface area contributed by atoms with E-state index >= 15 is 0 Å². The van der Waals surface area contributed by atoms with Gasteiger partial charge in [-0.15, -0.1) is 0 Å². The summed E-state index contributed by atoms with van der Waals surface area (Å²) in [6, 6.07) is 0.358. The average molecular weight is 181 g/mol. The van der Waals surface area contributed by atoms with Crippen molar-refractivity contribution in [3.8, 4) is 0 Å². The van der Waals surface area contributed by atoms with Gasteiger partial charge in [0.2, 0.25) is 5.91 Å². The Kier molecular flexibility index (Phi) is 3.12. The van der Waals surface area contributed by atoms with Gasteiger partial charge in [-0.25, -0.2) is 0 Å². The molecule has 0 saturated carbocycles. The molecule has 1 N–H and O–H groups in total. The third kappa shape index (κ3) is 3.21. The van der Waals surface area contributed by atoms with Gasteiger partial charge < -0.3 is 5.32 Å². The summed E-state index contributed by atoms with van der Waals surface area (Å²) in [5.41, 5.74) is -0.263. The van der Waals surface area contributed by atoms with Crippen molar-refractivity contribution in [1.29, 1.82) is 0 Å². The third-order valence-corrected chi connectivity index (χ3v) is 2.29. The van der Waals surface area contributed by atoms with Crippen LogP contribution in [0.3, 0.4) is 0 Å². The number of hydrogen-bond donors (Lipinski definition) is 1. The van der Waals surface area contributed by atoms with E-state index in [2.05, 4.69) is 17.5 Å². The van der Waals surface area contributed by atoms with Gasteiger partial charge in [0.25, 0.3) is 0 Å². The number of allylic oxidation sites excluding steroid dienone is 1. The van der Waals surface area contributed by atoms with Gasteiger partial charge in [-0.1, -0.05) is 32.9 Å². The maximum Gasteiger partial charge on any atom is 0.225 e. The molecule has 0 fully saturated rings. The van der Waals surface area contributed by atoms with Crippen LogP contribution in [0.5, 0.6) is 0 Å². The van der Waals surface area contributed by atoms with Crippen LogP contribution < -0.4 is 5.32 Å². The van der Waals surface area contributed by atoms with Crippen LogP contribution in [0.2, 0.25) is 0 Å². The van der Waals surface area contributed by atoms with Crippen LogP contribution in [0.25, 0.3) is 0 Å². The lowest BCUT2D eigenvalue weighted by Crippen LogP contribution is -2.41. The van der Waals surface area contributed by atoms with E-state index in [1.807, 2.05) is 20.8 Å². The number of nitrogens with one attached hydrogen (secondary N) is 1. The van der Waals surface area contributed by atoms with E-state index in [0.717, 1.165) is 19.3 Å². The standard InChI is InChI=1S/C11H19NO/c1-11(2,3)10(13)12-9-7-5-4-6-8-9/h4-5,9H,6-8H2,1-3H3,(H,12,13). The Morgan fingerprint density at radius 1 is 1.38 bits per heavy atom. The Labute approximate surface area is 80.4 Å². The molecule has 0 aliphatic heterocycles. The Hall–Kier alpha value is -0.790. The molecule has 2 heteroatoms. The van der Waals surface area contributed by atoms with Gasteiger partial charge in [-0.2, -0.15) is 0 Å². The van der Waals surface area contributed by atoms with E-state index in [1.54, 1.807) is 0 Å². The summed E-state index contributed by atoms with van der Waals surface area (Å²) >= 11 is 0. The van der Waals surface area contributed by atoms with Crippen molar-refractivity contribution in [3.05, 3.63) is 12.2 Å². The molecular weight excluding hydrogens is 162 g/mol. The first-order chi connectivity index (χ1) is 6.00. The van der Waals surface area contributed by atoms with Crippen molar-refractivity contribution in [2.24, 2.45) is 5.41 Å². The Morgan fingerprint density at radius 3 is 2.54 bits per heavy atom. The summed E-state index contributed by atoms with van der Waals surface area (Å²) in [6.45, 7) is 5.84. The summed E-state index contributed by atoms with van der Waals surface area (Å²) < 4.78 is 0. The lowest BCUT2D eigenvalue weighted by molar-refractivity contribution is -0.129. The molecule has 0 aromatic rings. The van der Waals surface area contributed by atoms with Crippen LogP contribution >= 0.6 is 0 Å². The van der Waals surface area contributed by atoms with Gasteiger partial charge in [0.15, 0.2) is 0 Å². The highest BCUT2D eigenvalue weighted by atomic mass is 16.2. The maximum atomic E-state index is 11.6. The van der Waals surface area contributed by atoms with Crippen LogP contribution in [-0.4, -0.2) is 11.9 Å².